The number of nitrogens with zero attached hydrogens (tertiary/aromatic N) is 1. The van der Waals surface area contributed by atoms with Crippen molar-refractivity contribution in [1.29, 1.82) is 0 Å². The Kier molecular flexibility index (Phi) is 8.32. The zero-order valence-electron chi connectivity index (χ0n) is 18.2. The number of anilines is 1. The maximum absolute atomic E-state index is 12.8. The van der Waals surface area contributed by atoms with Crippen molar-refractivity contribution in [3.8, 4) is 11.5 Å². The molecule has 7 nitrogen and oxygen atoms in total. The lowest BCUT2D eigenvalue weighted by Gasteiger charge is -2.13. The second-order valence-electron chi connectivity index (χ2n) is 7.04. The predicted octanol–water partition coefficient (Wildman–Crippen LogP) is 5.04. The van der Waals surface area contributed by atoms with Gasteiger partial charge in [-0.25, -0.2) is 5.43 Å². The van der Waals surface area contributed by atoms with Crippen LogP contribution in [0.5, 0.6) is 11.5 Å². The van der Waals surface area contributed by atoms with Crippen molar-refractivity contribution in [1.82, 2.24) is 5.43 Å². The molecule has 0 aliphatic heterocycles. The number of hydrazone groups is 1. The highest BCUT2D eigenvalue weighted by atomic mass is 35.5. The summed E-state index contributed by atoms with van der Waals surface area (Å²) in [6, 6.07) is 16.4. The Balaban J connectivity index is 1.61. The van der Waals surface area contributed by atoms with Crippen molar-refractivity contribution in [2.75, 3.05) is 12.4 Å². The van der Waals surface area contributed by atoms with E-state index < -0.39 is 23.6 Å². The van der Waals surface area contributed by atoms with E-state index in [0.717, 1.165) is 17.7 Å². The van der Waals surface area contributed by atoms with Crippen LogP contribution >= 0.6 is 11.6 Å². The van der Waals surface area contributed by atoms with E-state index in [0.29, 0.717) is 23.1 Å². The number of benzene rings is 3. The number of rotatable bonds is 7. The molecule has 0 fully saturated rings. The van der Waals surface area contributed by atoms with Crippen LogP contribution in [0.15, 0.2) is 71.8 Å². The van der Waals surface area contributed by atoms with Crippen LogP contribution in [0.2, 0.25) is 5.02 Å². The van der Waals surface area contributed by atoms with Gasteiger partial charge < -0.3 is 14.8 Å². The highest BCUT2D eigenvalue weighted by Crippen LogP contribution is 2.36. The van der Waals surface area contributed by atoms with Gasteiger partial charge in [0.05, 0.1) is 23.9 Å². The zero-order valence-corrected chi connectivity index (χ0v) is 19.0. The maximum atomic E-state index is 12.8. The summed E-state index contributed by atoms with van der Waals surface area (Å²) in [4.78, 5) is 23.9. The van der Waals surface area contributed by atoms with E-state index in [2.05, 4.69) is 10.4 Å². The van der Waals surface area contributed by atoms with Crippen LogP contribution in [0.3, 0.4) is 0 Å². The third-order valence-corrected chi connectivity index (χ3v) is 4.79. The number of nitrogens with one attached hydrogen (secondary N) is 2. The first-order chi connectivity index (χ1) is 16.7. The van der Waals surface area contributed by atoms with Gasteiger partial charge in [0.15, 0.2) is 11.5 Å². The summed E-state index contributed by atoms with van der Waals surface area (Å²) in [5.41, 5.74) is 2.21. The highest BCUT2D eigenvalue weighted by molar-refractivity contribution is 6.39. The fourth-order valence-electron chi connectivity index (χ4n) is 2.86. The number of alkyl halides is 3. The number of methoxy groups -OCH3 is 1. The number of hydrogen-bond donors (Lipinski definition) is 2. The van der Waals surface area contributed by atoms with E-state index in [1.54, 1.807) is 6.07 Å². The Bertz CT molecular complexity index is 1230. The van der Waals surface area contributed by atoms with Crippen LogP contribution in [0.1, 0.15) is 16.7 Å². The summed E-state index contributed by atoms with van der Waals surface area (Å²) in [5, 5.41) is 5.99. The van der Waals surface area contributed by atoms with Crippen molar-refractivity contribution in [2.24, 2.45) is 5.10 Å². The summed E-state index contributed by atoms with van der Waals surface area (Å²) in [6.07, 6.45) is -3.37. The molecule has 0 aromatic heterocycles. The maximum Gasteiger partial charge on any atom is 0.416 e. The first kappa shape index (κ1) is 25.6. The highest BCUT2D eigenvalue weighted by Gasteiger charge is 2.30. The van der Waals surface area contributed by atoms with Gasteiger partial charge in [0.25, 0.3) is 0 Å². The minimum atomic E-state index is -4.59. The Morgan fingerprint density at radius 2 is 1.77 bits per heavy atom. The topological polar surface area (TPSA) is 89.0 Å². The Morgan fingerprint density at radius 1 is 1.03 bits per heavy atom. The van der Waals surface area contributed by atoms with Crippen molar-refractivity contribution < 1.29 is 32.2 Å². The fourth-order valence-corrected chi connectivity index (χ4v) is 3.14. The van der Waals surface area contributed by atoms with Crippen LogP contribution in [0.4, 0.5) is 18.9 Å². The minimum absolute atomic E-state index is 0.188. The molecule has 0 heterocycles. The molecule has 0 atom stereocenters. The van der Waals surface area contributed by atoms with Crippen LogP contribution < -0.4 is 20.2 Å². The Hall–Kier alpha value is -4.05. The number of amides is 2. The smallest absolute Gasteiger partial charge is 0.416 e. The Morgan fingerprint density at radius 3 is 2.46 bits per heavy atom. The number of carbonyl (C=O) groups is 2. The van der Waals surface area contributed by atoms with Crippen LogP contribution in [0, 0.1) is 0 Å². The van der Waals surface area contributed by atoms with Gasteiger partial charge in [-0.3, -0.25) is 9.59 Å². The van der Waals surface area contributed by atoms with E-state index in [1.807, 2.05) is 35.8 Å². The van der Waals surface area contributed by atoms with Gasteiger partial charge in [0.1, 0.15) is 6.61 Å². The van der Waals surface area contributed by atoms with Gasteiger partial charge >= 0.3 is 18.0 Å². The van der Waals surface area contributed by atoms with Crippen molar-refractivity contribution in [3.05, 3.63) is 88.4 Å². The van der Waals surface area contributed by atoms with E-state index in [9.17, 15) is 22.8 Å². The molecule has 3 aromatic rings. The second kappa shape index (κ2) is 11.4. The number of carbonyl (C=O) groups excluding carboxylic acids is 2. The molecule has 2 amide bonds. The molecule has 11 heteroatoms. The molecule has 2 N–H and O–H groups in total. The van der Waals surface area contributed by atoms with Crippen molar-refractivity contribution >= 4 is 35.3 Å². The van der Waals surface area contributed by atoms with E-state index in [1.165, 1.54) is 25.5 Å². The lowest BCUT2D eigenvalue weighted by Crippen LogP contribution is -2.32. The molecule has 0 aliphatic rings. The summed E-state index contributed by atoms with van der Waals surface area (Å²) < 4.78 is 49.4. The molecule has 0 saturated heterocycles. The normalized spacial score (nSPS) is 11.2. The van der Waals surface area contributed by atoms with Gasteiger partial charge in [-0.2, -0.15) is 18.3 Å². The number of halogens is 4. The average molecular weight is 506 g/mol. The van der Waals surface area contributed by atoms with Gasteiger partial charge in [-0.1, -0.05) is 48.0 Å². The van der Waals surface area contributed by atoms with E-state index >= 15 is 0 Å². The van der Waals surface area contributed by atoms with Crippen LogP contribution in [-0.4, -0.2) is 25.1 Å². The minimum Gasteiger partial charge on any atom is -0.493 e. The molecule has 0 saturated carbocycles. The monoisotopic (exact) mass is 505 g/mol. The molecule has 0 aliphatic carbocycles. The summed E-state index contributed by atoms with van der Waals surface area (Å²) >= 11 is 6.31. The molecule has 182 valence electrons. The first-order valence-electron chi connectivity index (χ1n) is 10.0. The lowest BCUT2D eigenvalue weighted by molar-refractivity contribution is -0.137. The summed E-state index contributed by atoms with van der Waals surface area (Å²) in [5.74, 6) is -1.73. The molecule has 0 unspecified atom stereocenters. The van der Waals surface area contributed by atoms with E-state index in [-0.39, 0.29) is 17.3 Å². The first-order valence-corrected chi connectivity index (χ1v) is 10.4. The molecular formula is C24H19ClF3N3O4. The van der Waals surface area contributed by atoms with Crippen LogP contribution in [-0.2, 0) is 22.4 Å². The standard InChI is InChI=1S/C24H19ClF3N3O4/c1-34-20-11-16(10-19(25)21(20)35-14-15-6-3-2-4-7-15)13-29-31-23(33)22(32)30-18-9-5-8-17(12-18)24(26,27)28/h2-13H,14H2,1H3,(H,30,32)(H,31,33)/b29-13-. The Labute approximate surface area is 203 Å². The summed E-state index contributed by atoms with van der Waals surface area (Å²) in [6.45, 7) is 0.265. The zero-order chi connectivity index (χ0) is 25.4. The molecule has 0 radical (unpaired) electrons. The molecule has 0 spiro atoms. The van der Waals surface area contributed by atoms with E-state index in [4.69, 9.17) is 21.1 Å². The largest absolute Gasteiger partial charge is 0.493 e. The van der Waals surface area contributed by atoms with Crippen molar-refractivity contribution in [3.63, 3.8) is 0 Å². The van der Waals surface area contributed by atoms with Crippen LogP contribution in [0.25, 0.3) is 0 Å². The lowest BCUT2D eigenvalue weighted by atomic mass is 10.2. The molecule has 3 rings (SSSR count). The van der Waals surface area contributed by atoms with Gasteiger partial charge in [0, 0.05) is 5.69 Å². The number of hydrogen-bond acceptors (Lipinski definition) is 5. The third kappa shape index (κ3) is 7.21. The third-order valence-electron chi connectivity index (χ3n) is 4.51. The quantitative estimate of drug-likeness (QED) is 0.268. The summed E-state index contributed by atoms with van der Waals surface area (Å²) in [7, 11) is 1.43. The predicted molar refractivity (Wildman–Crippen MR) is 125 cm³/mol. The molecule has 0 bridgehead atoms. The van der Waals surface area contributed by atoms with Gasteiger partial charge in [-0.05, 0) is 41.5 Å². The number of ether oxygens (including phenoxy) is 2. The van der Waals surface area contributed by atoms with Crippen molar-refractivity contribution in [2.45, 2.75) is 12.8 Å². The SMILES string of the molecule is COc1cc(/C=N\NC(=O)C(=O)Nc2cccc(C(F)(F)F)c2)cc(Cl)c1OCc1ccccc1. The van der Waals surface area contributed by atoms with Gasteiger partial charge in [0.2, 0.25) is 0 Å². The second-order valence-corrected chi connectivity index (χ2v) is 7.45. The molecule has 35 heavy (non-hydrogen) atoms. The average Bonchev–Trinajstić information content (AvgIpc) is 2.83. The molecule has 3 aromatic carbocycles. The molecular weight excluding hydrogens is 487 g/mol. The van der Waals surface area contributed by atoms with Gasteiger partial charge in [-0.15, -0.1) is 0 Å². The fraction of sp³-hybridized carbons (Fsp3) is 0.125.